The summed E-state index contributed by atoms with van der Waals surface area (Å²) in [5.41, 5.74) is 5.34. The van der Waals surface area contributed by atoms with Gasteiger partial charge in [0.2, 0.25) is 5.95 Å². The maximum atomic E-state index is 5.34. The van der Waals surface area contributed by atoms with Crippen LogP contribution in [0.4, 0.5) is 5.95 Å². The van der Waals surface area contributed by atoms with E-state index in [9.17, 15) is 0 Å². The standard InChI is InChI=1S/C4H8N4/c1-2-8-3-6-7-4(8)5/h3H,2H2,1H3,(H2,5,7). The summed E-state index contributed by atoms with van der Waals surface area (Å²) in [4.78, 5) is 0. The molecule has 8 heavy (non-hydrogen) atoms. The van der Waals surface area contributed by atoms with Crippen molar-refractivity contribution in [1.82, 2.24) is 14.8 Å². The molecule has 0 aromatic carbocycles. The summed E-state index contributed by atoms with van der Waals surface area (Å²) in [6.07, 6.45) is 1.61. The number of hydrogen-bond donors (Lipinski definition) is 1. The number of nitrogens with two attached hydrogens (primary N) is 1. The number of aromatic nitrogens is 3. The summed E-state index contributed by atoms with van der Waals surface area (Å²) in [6, 6.07) is 0. The lowest BCUT2D eigenvalue weighted by molar-refractivity contribution is 0.770. The lowest BCUT2D eigenvalue weighted by Gasteiger charge is -1.92. The second kappa shape index (κ2) is 1.81. The topological polar surface area (TPSA) is 56.7 Å². The van der Waals surface area contributed by atoms with Crippen LogP contribution in [0.1, 0.15) is 6.92 Å². The molecule has 0 atom stereocenters. The van der Waals surface area contributed by atoms with Crippen LogP contribution in [0.15, 0.2) is 6.33 Å². The van der Waals surface area contributed by atoms with Crippen LogP contribution in [0.2, 0.25) is 0 Å². The SMILES string of the molecule is CCn1cnnc1N. The average molecular weight is 112 g/mol. The van der Waals surface area contributed by atoms with Gasteiger partial charge in [0, 0.05) is 6.54 Å². The summed E-state index contributed by atoms with van der Waals surface area (Å²) >= 11 is 0. The third-order valence-electron chi connectivity index (χ3n) is 0.986. The van der Waals surface area contributed by atoms with Crippen molar-refractivity contribution in [1.29, 1.82) is 0 Å². The first-order valence-corrected chi connectivity index (χ1v) is 2.48. The van der Waals surface area contributed by atoms with E-state index in [4.69, 9.17) is 5.73 Å². The molecule has 0 fully saturated rings. The summed E-state index contributed by atoms with van der Waals surface area (Å²) < 4.78 is 1.76. The molecule has 4 heteroatoms. The Kier molecular flexibility index (Phi) is 1.15. The largest absolute Gasteiger partial charge is 0.368 e. The van der Waals surface area contributed by atoms with Crippen molar-refractivity contribution < 1.29 is 0 Å². The number of aryl methyl sites for hydroxylation is 1. The fourth-order valence-electron chi connectivity index (χ4n) is 0.508. The maximum absolute atomic E-state index is 5.34. The molecule has 0 radical (unpaired) electrons. The second-order valence-electron chi connectivity index (χ2n) is 1.48. The van der Waals surface area contributed by atoms with E-state index in [1.807, 2.05) is 6.92 Å². The first-order valence-electron chi connectivity index (χ1n) is 2.48. The Morgan fingerprint density at radius 2 is 2.62 bits per heavy atom. The van der Waals surface area contributed by atoms with Gasteiger partial charge in [0.25, 0.3) is 0 Å². The molecule has 1 aromatic heterocycles. The molecule has 44 valence electrons. The van der Waals surface area contributed by atoms with Gasteiger partial charge in [0.15, 0.2) is 0 Å². The van der Waals surface area contributed by atoms with Crippen molar-refractivity contribution in [2.45, 2.75) is 13.5 Å². The number of rotatable bonds is 1. The zero-order valence-electron chi connectivity index (χ0n) is 4.70. The lowest BCUT2D eigenvalue weighted by Crippen LogP contribution is -1.98. The minimum Gasteiger partial charge on any atom is -0.368 e. The fourth-order valence-corrected chi connectivity index (χ4v) is 0.508. The van der Waals surface area contributed by atoms with Crippen LogP contribution in [-0.4, -0.2) is 14.8 Å². The molecule has 1 heterocycles. The quantitative estimate of drug-likeness (QED) is 0.551. The van der Waals surface area contributed by atoms with E-state index in [1.165, 1.54) is 0 Å². The normalized spacial score (nSPS) is 9.62. The lowest BCUT2D eigenvalue weighted by atomic mass is 10.7. The van der Waals surface area contributed by atoms with Gasteiger partial charge in [0.1, 0.15) is 6.33 Å². The van der Waals surface area contributed by atoms with E-state index in [2.05, 4.69) is 10.2 Å². The zero-order chi connectivity index (χ0) is 5.98. The highest BCUT2D eigenvalue weighted by Crippen LogP contribution is 1.92. The van der Waals surface area contributed by atoms with Crippen molar-refractivity contribution in [3.8, 4) is 0 Å². The van der Waals surface area contributed by atoms with E-state index >= 15 is 0 Å². The van der Waals surface area contributed by atoms with E-state index in [1.54, 1.807) is 10.9 Å². The molecule has 1 rings (SSSR count). The van der Waals surface area contributed by atoms with Gasteiger partial charge in [-0.2, -0.15) is 0 Å². The van der Waals surface area contributed by atoms with E-state index in [-0.39, 0.29) is 0 Å². The molecule has 0 aliphatic heterocycles. The van der Waals surface area contributed by atoms with Crippen molar-refractivity contribution in [2.24, 2.45) is 0 Å². The van der Waals surface area contributed by atoms with Crippen LogP contribution in [0.5, 0.6) is 0 Å². The van der Waals surface area contributed by atoms with E-state index < -0.39 is 0 Å². The van der Waals surface area contributed by atoms with Crippen molar-refractivity contribution in [3.05, 3.63) is 6.33 Å². The highest BCUT2D eigenvalue weighted by Gasteiger charge is 1.91. The van der Waals surface area contributed by atoms with Gasteiger partial charge in [0.05, 0.1) is 0 Å². The molecule has 0 spiro atoms. The molecule has 0 amide bonds. The van der Waals surface area contributed by atoms with Gasteiger partial charge in [-0.15, -0.1) is 10.2 Å². The molecular formula is C4H8N4. The number of anilines is 1. The highest BCUT2D eigenvalue weighted by atomic mass is 15.3. The van der Waals surface area contributed by atoms with Crippen LogP contribution in [0.25, 0.3) is 0 Å². The van der Waals surface area contributed by atoms with Gasteiger partial charge in [-0.1, -0.05) is 0 Å². The van der Waals surface area contributed by atoms with Gasteiger partial charge in [-0.3, -0.25) is 0 Å². The second-order valence-corrected chi connectivity index (χ2v) is 1.48. The Balaban J connectivity index is 2.92. The molecule has 0 saturated carbocycles. The Hall–Kier alpha value is -1.06. The highest BCUT2D eigenvalue weighted by molar-refractivity contribution is 5.12. The third-order valence-corrected chi connectivity index (χ3v) is 0.986. The molecule has 4 nitrogen and oxygen atoms in total. The first kappa shape index (κ1) is 5.08. The predicted molar refractivity (Wildman–Crippen MR) is 30.1 cm³/mol. The van der Waals surface area contributed by atoms with Gasteiger partial charge < -0.3 is 10.3 Å². The Bertz CT molecular complexity index is 168. The molecule has 1 aromatic rings. The van der Waals surface area contributed by atoms with E-state index in [0.29, 0.717) is 5.95 Å². The monoisotopic (exact) mass is 112 g/mol. The minimum absolute atomic E-state index is 0.479. The summed E-state index contributed by atoms with van der Waals surface area (Å²) in [5, 5.41) is 7.16. The summed E-state index contributed by atoms with van der Waals surface area (Å²) in [7, 11) is 0. The molecule has 2 N–H and O–H groups in total. The van der Waals surface area contributed by atoms with E-state index in [0.717, 1.165) is 6.54 Å². The minimum atomic E-state index is 0.479. The molecule has 0 aliphatic rings. The Labute approximate surface area is 47.3 Å². The smallest absolute Gasteiger partial charge is 0.221 e. The van der Waals surface area contributed by atoms with Gasteiger partial charge in [-0.05, 0) is 6.92 Å². The van der Waals surface area contributed by atoms with Gasteiger partial charge in [-0.25, -0.2) is 0 Å². The van der Waals surface area contributed by atoms with Gasteiger partial charge >= 0.3 is 0 Å². The Morgan fingerprint density at radius 3 is 2.88 bits per heavy atom. The van der Waals surface area contributed by atoms with Crippen molar-refractivity contribution in [2.75, 3.05) is 5.73 Å². The number of nitrogens with zero attached hydrogens (tertiary/aromatic N) is 3. The molecule has 0 saturated heterocycles. The van der Waals surface area contributed by atoms with Crippen LogP contribution < -0.4 is 5.73 Å². The van der Waals surface area contributed by atoms with Crippen molar-refractivity contribution >= 4 is 5.95 Å². The summed E-state index contributed by atoms with van der Waals surface area (Å²) in [6.45, 7) is 2.82. The van der Waals surface area contributed by atoms with Crippen LogP contribution >= 0.6 is 0 Å². The van der Waals surface area contributed by atoms with Crippen LogP contribution in [-0.2, 0) is 6.54 Å². The predicted octanol–water partition coefficient (Wildman–Crippen LogP) is -0.120. The van der Waals surface area contributed by atoms with Crippen molar-refractivity contribution in [3.63, 3.8) is 0 Å². The fraction of sp³-hybridized carbons (Fsp3) is 0.500. The maximum Gasteiger partial charge on any atom is 0.221 e. The van der Waals surface area contributed by atoms with Crippen LogP contribution in [0, 0.1) is 0 Å². The zero-order valence-corrected chi connectivity index (χ0v) is 4.70. The first-order chi connectivity index (χ1) is 3.84. The molecule has 0 bridgehead atoms. The number of nitrogen functional groups attached to an aromatic ring is 1. The number of hydrogen-bond acceptors (Lipinski definition) is 3. The summed E-state index contributed by atoms with van der Waals surface area (Å²) in [5.74, 6) is 0.479. The van der Waals surface area contributed by atoms with Crippen LogP contribution in [0.3, 0.4) is 0 Å². The molecular weight excluding hydrogens is 104 g/mol. The Morgan fingerprint density at radius 1 is 1.88 bits per heavy atom. The average Bonchev–Trinajstić information content (AvgIpc) is 2.14. The molecule has 0 aliphatic carbocycles. The third kappa shape index (κ3) is 0.641. The molecule has 0 unspecified atom stereocenters.